The van der Waals surface area contributed by atoms with Gasteiger partial charge in [-0.05, 0) is 118 Å². The molecule has 0 saturated heterocycles. The summed E-state index contributed by atoms with van der Waals surface area (Å²) in [5.74, 6) is 15.5. The molecular weight excluding hydrogens is 865 g/mol. The molecule has 2 aliphatic rings. The first kappa shape index (κ1) is 48.3. The number of aliphatic hydroxyl groups is 2. The molecule has 0 spiro atoms. The van der Waals surface area contributed by atoms with E-state index in [0.717, 1.165) is 57.7 Å². The molecule has 18 heteroatoms. The van der Waals surface area contributed by atoms with Gasteiger partial charge in [-0.3, -0.25) is 9.13 Å². The van der Waals surface area contributed by atoms with Gasteiger partial charge in [0.25, 0.3) is 0 Å². The van der Waals surface area contributed by atoms with Crippen molar-refractivity contribution in [2.45, 2.75) is 135 Å². The van der Waals surface area contributed by atoms with Gasteiger partial charge in [0.05, 0.1) is 22.1 Å². The number of nitrogens with two attached hydrogens (primary N) is 2. The Morgan fingerprint density at radius 3 is 1.70 bits per heavy atom. The van der Waals surface area contributed by atoms with Gasteiger partial charge in [0.2, 0.25) is 23.8 Å². The minimum Gasteiger partial charge on any atom is -0.417 e. The Morgan fingerprint density at radius 1 is 0.742 bits per heavy atom. The molecule has 2 aromatic carbocycles. The summed E-state index contributed by atoms with van der Waals surface area (Å²) in [6, 6.07) is 11.5. The van der Waals surface area contributed by atoms with Crippen LogP contribution < -0.4 is 11.5 Å². The summed E-state index contributed by atoms with van der Waals surface area (Å²) in [4.78, 5) is 33.7. The Kier molecular flexibility index (Phi) is 13.4. The SMILES string of the molecule is Cc1nc2ccc(C#CC(O)C3CC(O[Si](C)(C)C(C)(C)C)C3)cc2n1-c1ncnc(N)n1.Cc1nc2ccc(C#CC3(O)CC(CO[Si](C)(C)C(C)(C)C)C3)cc2n1-c1ncnc(N)n1. The molecule has 66 heavy (non-hydrogen) atoms. The van der Waals surface area contributed by atoms with Crippen LogP contribution in [0.3, 0.4) is 0 Å². The number of aromatic nitrogens is 10. The zero-order valence-corrected chi connectivity index (χ0v) is 42.3. The Balaban J connectivity index is 0.000000196. The lowest BCUT2D eigenvalue weighted by molar-refractivity contribution is -0.0389. The summed E-state index contributed by atoms with van der Waals surface area (Å²) >= 11 is 0. The van der Waals surface area contributed by atoms with Gasteiger partial charge in [0, 0.05) is 29.8 Å². The van der Waals surface area contributed by atoms with Crippen LogP contribution in [0.1, 0.15) is 90.0 Å². The van der Waals surface area contributed by atoms with E-state index in [4.69, 9.17) is 20.3 Å². The lowest BCUT2D eigenvalue weighted by atomic mass is 9.72. The zero-order valence-electron chi connectivity index (χ0n) is 40.3. The van der Waals surface area contributed by atoms with E-state index in [1.54, 1.807) is 0 Å². The lowest BCUT2D eigenvalue weighted by Gasteiger charge is -2.45. The molecule has 0 amide bonds. The van der Waals surface area contributed by atoms with Crippen molar-refractivity contribution in [2.24, 2.45) is 11.8 Å². The molecule has 2 fully saturated rings. The van der Waals surface area contributed by atoms with Crippen molar-refractivity contribution in [1.29, 1.82) is 0 Å². The standard InChI is InChI=1S/2C24H32N6O2Si/c1-15-28-19-9-7-16(11-20(19)30(15)23-27-14-26-22(25)29-23)8-10-21(31)17-12-18(13-17)32-33(5,6)24(2,3)4;1-16-28-19-8-7-17(11-20(19)30(16)22-27-15-26-21(25)29-22)9-10-24(31)12-18(13-24)14-32-33(5,6)23(2,3)4/h7,9,11,14,17-18,21,31H,12-13H2,1-6H3,(H2,25,26,27,29);7-8,11,15,18,31H,12-14H2,1-6H3,(H2,25,26,27,29). The van der Waals surface area contributed by atoms with Crippen LogP contribution in [0, 0.1) is 49.4 Å². The first-order chi connectivity index (χ1) is 30.8. The molecule has 2 saturated carbocycles. The van der Waals surface area contributed by atoms with Crippen molar-refractivity contribution in [1.82, 2.24) is 49.0 Å². The first-order valence-electron chi connectivity index (χ1n) is 22.5. The molecule has 1 atom stereocenters. The number of aliphatic hydroxyl groups excluding tert-OH is 1. The van der Waals surface area contributed by atoms with Crippen molar-refractivity contribution in [3.05, 3.63) is 71.8 Å². The van der Waals surface area contributed by atoms with Crippen LogP contribution in [0.15, 0.2) is 49.1 Å². The zero-order chi connectivity index (χ0) is 48.0. The van der Waals surface area contributed by atoms with Gasteiger partial charge >= 0.3 is 0 Å². The van der Waals surface area contributed by atoms with Gasteiger partial charge in [0.15, 0.2) is 16.6 Å². The van der Waals surface area contributed by atoms with Crippen LogP contribution in [-0.2, 0) is 8.85 Å². The number of benzene rings is 2. The van der Waals surface area contributed by atoms with E-state index < -0.39 is 28.3 Å². The summed E-state index contributed by atoms with van der Waals surface area (Å²) < 4.78 is 16.4. The van der Waals surface area contributed by atoms with Crippen molar-refractivity contribution < 1.29 is 19.1 Å². The highest BCUT2D eigenvalue weighted by Gasteiger charge is 2.45. The summed E-state index contributed by atoms with van der Waals surface area (Å²) in [6.45, 7) is 27.0. The topological polar surface area (TPSA) is 224 Å². The van der Waals surface area contributed by atoms with Gasteiger partial charge in [-0.15, -0.1) is 0 Å². The average molecular weight is 929 g/mol. The highest BCUT2D eigenvalue weighted by molar-refractivity contribution is 6.74. The maximum Gasteiger partial charge on any atom is 0.240 e. The number of aryl methyl sites for hydroxylation is 2. The highest BCUT2D eigenvalue weighted by Crippen LogP contribution is 2.43. The first-order valence-corrected chi connectivity index (χ1v) is 28.3. The minimum atomic E-state index is -1.78. The van der Waals surface area contributed by atoms with Crippen LogP contribution in [-0.4, -0.2) is 100 Å². The van der Waals surface area contributed by atoms with E-state index in [1.165, 1.54) is 12.7 Å². The monoisotopic (exact) mass is 928 g/mol. The molecule has 4 heterocycles. The molecule has 2 aliphatic carbocycles. The number of anilines is 2. The molecule has 4 aromatic heterocycles. The Labute approximate surface area is 389 Å². The molecule has 0 bridgehead atoms. The third-order valence-electron chi connectivity index (χ3n) is 13.6. The maximum absolute atomic E-state index is 10.8. The van der Waals surface area contributed by atoms with E-state index >= 15 is 0 Å². The predicted molar refractivity (Wildman–Crippen MR) is 263 cm³/mol. The van der Waals surface area contributed by atoms with Crippen molar-refractivity contribution in [3.63, 3.8) is 0 Å². The van der Waals surface area contributed by atoms with Crippen LogP contribution in [0.2, 0.25) is 36.3 Å². The Morgan fingerprint density at radius 2 is 1.23 bits per heavy atom. The van der Waals surface area contributed by atoms with Gasteiger partial charge < -0.3 is 30.5 Å². The van der Waals surface area contributed by atoms with E-state index in [-0.39, 0.29) is 34.0 Å². The van der Waals surface area contributed by atoms with E-state index in [2.05, 4.69) is 131 Å². The highest BCUT2D eigenvalue weighted by atomic mass is 28.4. The minimum absolute atomic E-state index is 0.150. The third-order valence-corrected chi connectivity index (χ3v) is 22.6. The Hall–Kier alpha value is -5.61. The third kappa shape index (κ3) is 10.6. The molecule has 6 N–H and O–H groups in total. The molecule has 16 nitrogen and oxygen atoms in total. The van der Waals surface area contributed by atoms with Gasteiger partial charge in [0.1, 0.15) is 36.0 Å². The fraction of sp³-hybridized carbons (Fsp3) is 0.500. The quantitative estimate of drug-likeness (QED) is 0.0874. The van der Waals surface area contributed by atoms with Gasteiger partial charge in [-0.25, -0.2) is 29.9 Å². The summed E-state index contributed by atoms with van der Waals surface area (Å²) in [7, 11) is -3.56. The average Bonchev–Trinajstić information content (AvgIpc) is 3.72. The fourth-order valence-electron chi connectivity index (χ4n) is 7.54. The van der Waals surface area contributed by atoms with Crippen molar-refractivity contribution in [3.8, 4) is 35.6 Å². The number of rotatable bonds is 8. The number of imidazole rings is 2. The van der Waals surface area contributed by atoms with Crippen LogP contribution in [0.4, 0.5) is 11.9 Å². The molecule has 0 aliphatic heterocycles. The molecular formula is C48H64N12O4Si2. The summed E-state index contributed by atoms with van der Waals surface area (Å²) in [6.07, 6.45) is 5.30. The van der Waals surface area contributed by atoms with Crippen LogP contribution in [0.5, 0.6) is 0 Å². The smallest absolute Gasteiger partial charge is 0.240 e. The largest absolute Gasteiger partial charge is 0.417 e. The van der Waals surface area contributed by atoms with Gasteiger partial charge in [-0.2, -0.15) is 9.97 Å². The summed E-state index contributed by atoms with van der Waals surface area (Å²) in [5, 5.41) is 21.8. The molecule has 0 radical (unpaired) electrons. The number of hydrogen-bond acceptors (Lipinski definition) is 14. The van der Waals surface area contributed by atoms with Crippen LogP contribution in [0.25, 0.3) is 34.0 Å². The molecule has 1 unspecified atom stereocenters. The maximum atomic E-state index is 10.8. The number of nitrogens with zero attached hydrogens (tertiary/aromatic N) is 10. The molecule has 348 valence electrons. The van der Waals surface area contributed by atoms with E-state index in [9.17, 15) is 10.2 Å². The number of fused-ring (bicyclic) bond motifs is 2. The molecule has 8 rings (SSSR count). The van der Waals surface area contributed by atoms with E-state index in [1.807, 2.05) is 59.4 Å². The second-order valence-corrected chi connectivity index (χ2v) is 30.3. The molecule has 6 aromatic rings. The van der Waals surface area contributed by atoms with Crippen molar-refractivity contribution >= 4 is 50.6 Å². The second-order valence-electron chi connectivity index (χ2n) is 20.8. The number of nitrogen functional groups attached to an aromatic ring is 2. The fourth-order valence-corrected chi connectivity index (χ4v) is 10.0. The van der Waals surface area contributed by atoms with Crippen LogP contribution >= 0.6 is 0 Å². The Bertz CT molecular complexity index is 2870. The summed E-state index contributed by atoms with van der Waals surface area (Å²) in [5.41, 5.74) is 15.3. The lowest BCUT2D eigenvalue weighted by Crippen LogP contribution is -2.49. The van der Waals surface area contributed by atoms with E-state index in [0.29, 0.717) is 37.3 Å². The number of hydrogen-bond donors (Lipinski definition) is 4. The van der Waals surface area contributed by atoms with Gasteiger partial charge in [-0.1, -0.05) is 65.2 Å². The van der Waals surface area contributed by atoms with Crippen molar-refractivity contribution in [2.75, 3.05) is 18.1 Å². The predicted octanol–water partition coefficient (Wildman–Crippen LogP) is 7.23. The normalized spacial score (nSPS) is 20.2. The second kappa shape index (κ2) is 18.2.